The van der Waals surface area contributed by atoms with E-state index in [1.165, 1.54) is 94.9 Å². The molecule has 1 heteroatoms. The molecule has 1 radical (unpaired) electrons. The number of allylic oxidation sites excluding steroid dienone is 4. The normalized spacial score (nSPS) is 26.6. The van der Waals surface area contributed by atoms with Crippen LogP contribution in [0, 0.1) is 5.92 Å². The van der Waals surface area contributed by atoms with Crippen LogP contribution in [0.15, 0.2) is 23.0 Å². The highest BCUT2D eigenvalue weighted by Crippen LogP contribution is 2.36. The molecule has 1 heterocycles. The second-order valence-electron chi connectivity index (χ2n) is 6.61. The standard InChI is InChI=1S/C18H28N/c1-2-4-6-10-15(11-7-5-3-1)18-14-16-12-8-9-13-17(16)19-18/h14-15H,1-13H2. The van der Waals surface area contributed by atoms with Crippen LogP contribution in [-0.4, -0.2) is 0 Å². The van der Waals surface area contributed by atoms with Crippen molar-refractivity contribution in [2.75, 3.05) is 0 Å². The summed E-state index contributed by atoms with van der Waals surface area (Å²) in [7, 11) is 0. The summed E-state index contributed by atoms with van der Waals surface area (Å²) in [6.45, 7) is 0. The van der Waals surface area contributed by atoms with Crippen molar-refractivity contribution >= 4 is 0 Å². The first kappa shape index (κ1) is 13.3. The molecule has 1 aliphatic heterocycles. The highest BCUT2D eigenvalue weighted by atomic mass is 14.9. The van der Waals surface area contributed by atoms with E-state index in [1.807, 2.05) is 0 Å². The Kier molecular flexibility index (Phi) is 4.63. The number of rotatable bonds is 1. The van der Waals surface area contributed by atoms with Gasteiger partial charge >= 0.3 is 0 Å². The van der Waals surface area contributed by atoms with Gasteiger partial charge in [0.15, 0.2) is 0 Å². The van der Waals surface area contributed by atoms with E-state index in [4.69, 9.17) is 5.32 Å². The molecule has 1 nitrogen and oxygen atoms in total. The lowest BCUT2D eigenvalue weighted by atomic mass is 9.89. The highest BCUT2D eigenvalue weighted by molar-refractivity contribution is 5.38. The maximum absolute atomic E-state index is 5.00. The molecule has 0 bridgehead atoms. The Labute approximate surface area is 118 Å². The summed E-state index contributed by atoms with van der Waals surface area (Å²) in [6.07, 6.45) is 20.6. The molecule has 0 unspecified atom stereocenters. The Morgan fingerprint density at radius 1 is 0.737 bits per heavy atom. The van der Waals surface area contributed by atoms with E-state index < -0.39 is 0 Å². The zero-order valence-electron chi connectivity index (χ0n) is 12.3. The smallest absolute Gasteiger partial charge is 0.0441 e. The molecule has 1 saturated carbocycles. The third kappa shape index (κ3) is 3.43. The predicted molar refractivity (Wildman–Crippen MR) is 80.8 cm³/mol. The van der Waals surface area contributed by atoms with Gasteiger partial charge in [-0.25, -0.2) is 0 Å². The fraction of sp³-hybridized carbons (Fsp3) is 0.778. The van der Waals surface area contributed by atoms with E-state index in [0.29, 0.717) is 0 Å². The minimum absolute atomic E-state index is 0.767. The van der Waals surface area contributed by atoms with Gasteiger partial charge in [-0.3, -0.25) is 5.32 Å². The number of nitrogens with zero attached hydrogens (tertiary/aromatic N) is 1. The third-order valence-electron chi connectivity index (χ3n) is 5.09. The molecule has 0 aromatic carbocycles. The summed E-state index contributed by atoms with van der Waals surface area (Å²) in [6, 6.07) is 0. The van der Waals surface area contributed by atoms with Crippen molar-refractivity contribution < 1.29 is 0 Å². The van der Waals surface area contributed by atoms with Crippen LogP contribution in [0.5, 0.6) is 0 Å². The van der Waals surface area contributed by atoms with E-state index in [-0.39, 0.29) is 0 Å². The SMILES string of the molecule is C1=C(C2CCCCCCCCC2)[N]C2=C1CCCC2. The molecule has 19 heavy (non-hydrogen) atoms. The summed E-state index contributed by atoms with van der Waals surface area (Å²) in [5, 5.41) is 5.00. The van der Waals surface area contributed by atoms with Gasteiger partial charge in [0.1, 0.15) is 0 Å². The van der Waals surface area contributed by atoms with Crippen LogP contribution < -0.4 is 5.32 Å². The number of hydrogen-bond donors (Lipinski definition) is 0. The molecule has 0 saturated heterocycles. The van der Waals surface area contributed by atoms with Crippen molar-refractivity contribution in [2.24, 2.45) is 5.92 Å². The summed E-state index contributed by atoms with van der Waals surface area (Å²) in [5.74, 6) is 0.767. The maximum atomic E-state index is 5.00. The molecule has 0 spiro atoms. The molecule has 0 aromatic heterocycles. The fourth-order valence-electron chi connectivity index (χ4n) is 3.88. The molecule has 0 N–H and O–H groups in total. The van der Waals surface area contributed by atoms with Crippen molar-refractivity contribution in [3.63, 3.8) is 0 Å². The van der Waals surface area contributed by atoms with Crippen molar-refractivity contribution in [1.29, 1.82) is 0 Å². The average Bonchev–Trinajstić information content (AvgIpc) is 2.88. The van der Waals surface area contributed by atoms with Crippen molar-refractivity contribution in [1.82, 2.24) is 5.32 Å². The van der Waals surface area contributed by atoms with Gasteiger partial charge in [0.25, 0.3) is 0 Å². The predicted octanol–water partition coefficient (Wildman–Crippen LogP) is 5.46. The Bertz CT molecular complexity index is 354. The first-order valence-corrected chi connectivity index (χ1v) is 8.59. The topological polar surface area (TPSA) is 14.1 Å². The molecule has 2 aliphatic carbocycles. The van der Waals surface area contributed by atoms with E-state index in [1.54, 1.807) is 5.57 Å². The zero-order valence-corrected chi connectivity index (χ0v) is 12.3. The Morgan fingerprint density at radius 3 is 2.05 bits per heavy atom. The summed E-state index contributed by atoms with van der Waals surface area (Å²) >= 11 is 0. The van der Waals surface area contributed by atoms with Gasteiger partial charge in [0, 0.05) is 17.3 Å². The second-order valence-corrected chi connectivity index (χ2v) is 6.61. The largest absolute Gasteiger partial charge is 0.257 e. The van der Waals surface area contributed by atoms with Crippen LogP contribution in [0.3, 0.4) is 0 Å². The lowest BCUT2D eigenvalue weighted by Crippen LogP contribution is -2.13. The Balaban J connectivity index is 1.60. The van der Waals surface area contributed by atoms with Gasteiger partial charge in [-0.1, -0.05) is 44.9 Å². The molecule has 0 aromatic rings. The second kappa shape index (κ2) is 6.63. The molecular formula is C18H28N. The maximum Gasteiger partial charge on any atom is 0.0441 e. The van der Waals surface area contributed by atoms with Crippen LogP contribution >= 0.6 is 0 Å². The van der Waals surface area contributed by atoms with Crippen molar-refractivity contribution in [2.45, 2.75) is 83.5 Å². The van der Waals surface area contributed by atoms with Crippen LogP contribution in [0.25, 0.3) is 0 Å². The van der Waals surface area contributed by atoms with Gasteiger partial charge in [-0.2, -0.15) is 0 Å². The molecule has 0 amide bonds. The third-order valence-corrected chi connectivity index (χ3v) is 5.09. The molecule has 0 atom stereocenters. The minimum atomic E-state index is 0.767. The van der Waals surface area contributed by atoms with Gasteiger partial charge < -0.3 is 0 Å². The summed E-state index contributed by atoms with van der Waals surface area (Å²) in [5.41, 5.74) is 4.48. The van der Waals surface area contributed by atoms with Crippen molar-refractivity contribution in [3.05, 3.63) is 23.0 Å². The Hall–Kier alpha value is -0.720. The minimum Gasteiger partial charge on any atom is -0.257 e. The van der Waals surface area contributed by atoms with Crippen LogP contribution in [0.1, 0.15) is 83.5 Å². The van der Waals surface area contributed by atoms with Gasteiger partial charge in [0.2, 0.25) is 0 Å². The first-order valence-electron chi connectivity index (χ1n) is 8.59. The summed E-state index contributed by atoms with van der Waals surface area (Å²) < 4.78 is 0. The average molecular weight is 258 g/mol. The van der Waals surface area contributed by atoms with E-state index in [0.717, 1.165) is 5.92 Å². The highest BCUT2D eigenvalue weighted by Gasteiger charge is 2.25. The molecular weight excluding hydrogens is 230 g/mol. The van der Waals surface area contributed by atoms with Gasteiger partial charge in [-0.05, 0) is 50.2 Å². The van der Waals surface area contributed by atoms with E-state index in [2.05, 4.69) is 6.08 Å². The van der Waals surface area contributed by atoms with Crippen molar-refractivity contribution in [3.8, 4) is 0 Å². The lowest BCUT2D eigenvalue weighted by molar-refractivity contribution is 0.418. The van der Waals surface area contributed by atoms with Crippen LogP contribution in [0.2, 0.25) is 0 Å². The fourth-order valence-corrected chi connectivity index (χ4v) is 3.88. The van der Waals surface area contributed by atoms with Crippen LogP contribution in [0.4, 0.5) is 0 Å². The van der Waals surface area contributed by atoms with Gasteiger partial charge in [-0.15, -0.1) is 0 Å². The molecule has 3 aliphatic rings. The Morgan fingerprint density at radius 2 is 1.37 bits per heavy atom. The molecule has 105 valence electrons. The number of hydrogen-bond acceptors (Lipinski definition) is 0. The molecule has 1 fully saturated rings. The summed E-state index contributed by atoms with van der Waals surface area (Å²) in [4.78, 5) is 0. The van der Waals surface area contributed by atoms with Crippen LogP contribution in [-0.2, 0) is 0 Å². The van der Waals surface area contributed by atoms with E-state index in [9.17, 15) is 0 Å². The quantitative estimate of drug-likeness (QED) is 0.593. The van der Waals surface area contributed by atoms with Gasteiger partial charge in [0.05, 0.1) is 0 Å². The van der Waals surface area contributed by atoms with E-state index >= 15 is 0 Å². The molecule has 3 rings (SSSR count). The lowest BCUT2D eigenvalue weighted by Gasteiger charge is -2.20. The zero-order chi connectivity index (χ0) is 12.9. The monoisotopic (exact) mass is 258 g/mol. The first-order chi connectivity index (χ1) is 9.43.